The monoisotopic (exact) mass is 715 g/mol. The van der Waals surface area contributed by atoms with Crippen LogP contribution in [-0.2, 0) is 0 Å². The molecule has 0 aliphatic rings. The summed E-state index contributed by atoms with van der Waals surface area (Å²) in [7, 11) is 0. The third-order valence-electron chi connectivity index (χ3n) is 10.8. The largest absolute Gasteiger partial charge is 0.309 e. The van der Waals surface area contributed by atoms with Crippen LogP contribution in [0.25, 0.3) is 100 Å². The number of rotatable bonds is 6. The SMILES string of the molecule is c1ccc(-c2nc(-c3ccccc3)nc(-c3ccc(-n4c5ccccc5c5cc(-c6cccc7c6c6ccccc6n7-c6ccccc6)ccc54)cc3)n2)cc1. The van der Waals surface area contributed by atoms with Crippen molar-refractivity contribution >= 4 is 43.6 Å². The average Bonchev–Trinajstić information content (AvgIpc) is 3.80. The average molecular weight is 716 g/mol. The molecule has 0 fully saturated rings. The fraction of sp³-hybridized carbons (Fsp3) is 0. The summed E-state index contributed by atoms with van der Waals surface area (Å²) in [5, 5.41) is 4.93. The highest BCUT2D eigenvalue weighted by Gasteiger charge is 2.19. The fourth-order valence-electron chi connectivity index (χ4n) is 8.23. The Balaban J connectivity index is 1.04. The Bertz CT molecular complexity index is 3160. The van der Waals surface area contributed by atoms with E-state index in [1.54, 1.807) is 0 Å². The first-order valence-corrected chi connectivity index (χ1v) is 18.9. The number of aromatic nitrogens is 5. The third kappa shape index (κ3) is 5.21. The molecule has 0 saturated carbocycles. The van der Waals surface area contributed by atoms with E-state index in [-0.39, 0.29) is 0 Å². The van der Waals surface area contributed by atoms with Gasteiger partial charge in [-0.3, -0.25) is 0 Å². The number of hydrogen-bond donors (Lipinski definition) is 0. The van der Waals surface area contributed by atoms with E-state index in [1.165, 1.54) is 43.7 Å². The van der Waals surface area contributed by atoms with Crippen molar-refractivity contribution in [2.75, 3.05) is 0 Å². The van der Waals surface area contributed by atoms with Crippen LogP contribution in [0, 0.1) is 0 Å². The molecular formula is C51H33N5. The first-order chi connectivity index (χ1) is 27.8. The predicted molar refractivity (Wildman–Crippen MR) is 230 cm³/mol. The predicted octanol–water partition coefficient (Wildman–Crippen LogP) is 12.7. The first kappa shape index (κ1) is 31.9. The van der Waals surface area contributed by atoms with Crippen LogP contribution in [0.1, 0.15) is 0 Å². The van der Waals surface area contributed by atoms with E-state index in [1.807, 2.05) is 60.7 Å². The van der Waals surface area contributed by atoms with Crippen LogP contribution in [-0.4, -0.2) is 24.1 Å². The zero-order valence-electron chi connectivity index (χ0n) is 30.3. The standard InChI is InChI=1S/C51H33N5/c1-4-15-34(16-5-1)49-52-50(35-17-6-2-7-18-35)54-51(53-49)36-27-30-39(31-28-36)55-44-24-12-10-21-41(44)43-33-37(29-32-46(43)55)40-23-14-26-47-48(40)42-22-11-13-25-45(42)56(47)38-19-8-3-9-20-38/h1-33H. The Hall–Kier alpha value is -7.63. The van der Waals surface area contributed by atoms with Crippen molar-refractivity contribution in [3.8, 4) is 56.7 Å². The van der Waals surface area contributed by atoms with Gasteiger partial charge in [0, 0.05) is 49.6 Å². The highest BCUT2D eigenvalue weighted by molar-refractivity contribution is 6.17. The Morgan fingerprint density at radius 1 is 0.286 bits per heavy atom. The molecule has 0 unspecified atom stereocenters. The Morgan fingerprint density at radius 2 is 0.732 bits per heavy atom. The maximum Gasteiger partial charge on any atom is 0.164 e. The van der Waals surface area contributed by atoms with Crippen molar-refractivity contribution in [2.24, 2.45) is 0 Å². The van der Waals surface area contributed by atoms with Gasteiger partial charge in [-0.25, -0.2) is 15.0 Å². The van der Waals surface area contributed by atoms with Crippen LogP contribution >= 0.6 is 0 Å². The summed E-state index contributed by atoms with van der Waals surface area (Å²) in [6, 6.07) is 70.4. The summed E-state index contributed by atoms with van der Waals surface area (Å²) in [5.74, 6) is 1.94. The molecule has 8 aromatic carbocycles. The van der Waals surface area contributed by atoms with Crippen LogP contribution in [0.5, 0.6) is 0 Å². The number of hydrogen-bond acceptors (Lipinski definition) is 3. The van der Waals surface area contributed by atoms with E-state index in [9.17, 15) is 0 Å². The van der Waals surface area contributed by atoms with Crippen molar-refractivity contribution in [1.29, 1.82) is 0 Å². The van der Waals surface area contributed by atoms with Gasteiger partial charge >= 0.3 is 0 Å². The van der Waals surface area contributed by atoms with Gasteiger partial charge in [0.2, 0.25) is 0 Å². The molecule has 11 rings (SSSR count). The van der Waals surface area contributed by atoms with Crippen LogP contribution < -0.4 is 0 Å². The molecule has 3 aromatic heterocycles. The lowest BCUT2D eigenvalue weighted by Crippen LogP contribution is -2.00. The molecule has 11 aromatic rings. The molecule has 3 heterocycles. The molecule has 5 nitrogen and oxygen atoms in total. The molecule has 0 spiro atoms. The second-order valence-electron chi connectivity index (χ2n) is 14.1. The normalized spacial score (nSPS) is 11.6. The molecule has 0 amide bonds. The Labute approximate surface area is 323 Å². The minimum atomic E-state index is 0.638. The Kier molecular flexibility index (Phi) is 7.42. The van der Waals surface area contributed by atoms with Crippen LogP contribution in [0.4, 0.5) is 0 Å². The molecule has 5 heteroatoms. The van der Waals surface area contributed by atoms with Crippen molar-refractivity contribution in [3.63, 3.8) is 0 Å². The van der Waals surface area contributed by atoms with E-state index in [0.29, 0.717) is 17.5 Å². The molecule has 0 saturated heterocycles. The Morgan fingerprint density at radius 3 is 1.38 bits per heavy atom. The van der Waals surface area contributed by atoms with Gasteiger partial charge < -0.3 is 9.13 Å². The van der Waals surface area contributed by atoms with Crippen molar-refractivity contribution < 1.29 is 0 Å². The summed E-state index contributed by atoms with van der Waals surface area (Å²) in [6.07, 6.45) is 0. The van der Waals surface area contributed by atoms with Gasteiger partial charge in [-0.2, -0.15) is 0 Å². The van der Waals surface area contributed by atoms with Crippen molar-refractivity contribution in [2.45, 2.75) is 0 Å². The smallest absolute Gasteiger partial charge is 0.164 e. The second-order valence-corrected chi connectivity index (χ2v) is 14.1. The minimum Gasteiger partial charge on any atom is -0.309 e. The molecule has 56 heavy (non-hydrogen) atoms. The number of fused-ring (bicyclic) bond motifs is 6. The van der Waals surface area contributed by atoms with Crippen LogP contribution in [0.2, 0.25) is 0 Å². The maximum absolute atomic E-state index is 4.96. The van der Waals surface area contributed by atoms with E-state index in [2.05, 4.69) is 149 Å². The van der Waals surface area contributed by atoms with Gasteiger partial charge in [0.25, 0.3) is 0 Å². The first-order valence-electron chi connectivity index (χ1n) is 18.9. The summed E-state index contributed by atoms with van der Waals surface area (Å²) in [6.45, 7) is 0. The van der Waals surface area contributed by atoms with Gasteiger partial charge in [0.15, 0.2) is 17.5 Å². The molecule has 0 atom stereocenters. The highest BCUT2D eigenvalue weighted by Crippen LogP contribution is 2.41. The van der Waals surface area contributed by atoms with E-state index < -0.39 is 0 Å². The van der Waals surface area contributed by atoms with Crippen molar-refractivity contribution in [3.05, 3.63) is 200 Å². The third-order valence-corrected chi connectivity index (χ3v) is 10.8. The van der Waals surface area contributed by atoms with Crippen LogP contribution in [0.3, 0.4) is 0 Å². The lowest BCUT2D eigenvalue weighted by Gasteiger charge is -2.11. The second kappa shape index (κ2) is 13.0. The van der Waals surface area contributed by atoms with Gasteiger partial charge in [-0.1, -0.05) is 133 Å². The van der Waals surface area contributed by atoms with E-state index in [4.69, 9.17) is 15.0 Å². The van der Waals surface area contributed by atoms with Crippen molar-refractivity contribution in [1.82, 2.24) is 24.1 Å². The molecule has 0 bridgehead atoms. The minimum absolute atomic E-state index is 0.638. The lowest BCUT2D eigenvalue weighted by molar-refractivity contribution is 1.07. The summed E-state index contributed by atoms with van der Waals surface area (Å²) >= 11 is 0. The summed E-state index contributed by atoms with van der Waals surface area (Å²) in [5.41, 5.74) is 12.2. The molecule has 0 N–H and O–H groups in total. The number of benzene rings is 8. The van der Waals surface area contributed by atoms with Crippen LogP contribution in [0.15, 0.2) is 200 Å². The topological polar surface area (TPSA) is 48.5 Å². The highest BCUT2D eigenvalue weighted by atomic mass is 15.0. The number of nitrogens with zero attached hydrogens (tertiary/aromatic N) is 5. The molecule has 0 radical (unpaired) electrons. The van der Waals surface area contributed by atoms with Gasteiger partial charge in [0.1, 0.15) is 0 Å². The lowest BCUT2D eigenvalue weighted by atomic mass is 9.98. The maximum atomic E-state index is 4.96. The summed E-state index contributed by atoms with van der Waals surface area (Å²) in [4.78, 5) is 14.8. The van der Waals surface area contributed by atoms with Gasteiger partial charge in [0.05, 0.1) is 22.1 Å². The molecule has 0 aliphatic carbocycles. The molecule has 0 aliphatic heterocycles. The van der Waals surface area contributed by atoms with E-state index >= 15 is 0 Å². The molecular weight excluding hydrogens is 683 g/mol. The molecule has 262 valence electrons. The number of para-hydroxylation sites is 3. The summed E-state index contributed by atoms with van der Waals surface area (Å²) < 4.78 is 4.74. The van der Waals surface area contributed by atoms with E-state index in [0.717, 1.165) is 39.1 Å². The zero-order valence-corrected chi connectivity index (χ0v) is 30.3. The quantitative estimate of drug-likeness (QED) is 0.172. The fourth-order valence-corrected chi connectivity index (χ4v) is 8.23. The van der Waals surface area contributed by atoms with Gasteiger partial charge in [-0.05, 0) is 77.9 Å². The zero-order chi connectivity index (χ0) is 37.0. The van der Waals surface area contributed by atoms with Gasteiger partial charge in [-0.15, -0.1) is 0 Å².